The standard InChI is InChI=1S/C13H20O3/c1-10(2)15-8-12(14)9-16-13-6-4-11(3)5-7-13/h4-7,10,12,14H,8-9H2,1-3H3. The molecular weight excluding hydrogens is 204 g/mol. The Balaban J connectivity index is 2.26. The lowest BCUT2D eigenvalue weighted by Gasteiger charge is -2.14. The molecule has 3 heteroatoms. The van der Waals surface area contributed by atoms with Crippen molar-refractivity contribution in [2.24, 2.45) is 0 Å². The van der Waals surface area contributed by atoms with Crippen molar-refractivity contribution in [3.63, 3.8) is 0 Å². The van der Waals surface area contributed by atoms with E-state index in [0.29, 0.717) is 6.61 Å². The van der Waals surface area contributed by atoms with Crippen molar-refractivity contribution in [1.82, 2.24) is 0 Å². The highest BCUT2D eigenvalue weighted by atomic mass is 16.5. The lowest BCUT2D eigenvalue weighted by Crippen LogP contribution is -2.25. The minimum absolute atomic E-state index is 0.133. The van der Waals surface area contributed by atoms with Crippen molar-refractivity contribution >= 4 is 0 Å². The van der Waals surface area contributed by atoms with Gasteiger partial charge in [-0.05, 0) is 32.9 Å². The summed E-state index contributed by atoms with van der Waals surface area (Å²) < 4.78 is 10.7. The molecule has 1 N–H and O–H groups in total. The number of hydrogen-bond acceptors (Lipinski definition) is 3. The Hall–Kier alpha value is -1.06. The molecule has 0 spiro atoms. The molecule has 0 saturated heterocycles. The maximum atomic E-state index is 9.56. The van der Waals surface area contributed by atoms with Gasteiger partial charge in [0.1, 0.15) is 18.5 Å². The lowest BCUT2D eigenvalue weighted by atomic mass is 10.2. The van der Waals surface area contributed by atoms with E-state index >= 15 is 0 Å². The summed E-state index contributed by atoms with van der Waals surface area (Å²) in [6, 6.07) is 7.75. The van der Waals surface area contributed by atoms with E-state index in [1.165, 1.54) is 5.56 Å². The second kappa shape index (κ2) is 6.51. The molecule has 0 radical (unpaired) electrons. The van der Waals surface area contributed by atoms with Crippen LogP contribution in [0.3, 0.4) is 0 Å². The highest BCUT2D eigenvalue weighted by Gasteiger charge is 2.06. The maximum Gasteiger partial charge on any atom is 0.119 e. The van der Waals surface area contributed by atoms with E-state index in [2.05, 4.69) is 0 Å². The van der Waals surface area contributed by atoms with Gasteiger partial charge < -0.3 is 14.6 Å². The van der Waals surface area contributed by atoms with E-state index in [1.807, 2.05) is 45.0 Å². The van der Waals surface area contributed by atoms with Crippen LogP contribution in [0, 0.1) is 6.92 Å². The maximum absolute atomic E-state index is 9.56. The van der Waals surface area contributed by atoms with Gasteiger partial charge in [0.2, 0.25) is 0 Å². The van der Waals surface area contributed by atoms with Crippen molar-refractivity contribution in [1.29, 1.82) is 0 Å². The van der Waals surface area contributed by atoms with Gasteiger partial charge in [-0.1, -0.05) is 17.7 Å². The van der Waals surface area contributed by atoms with Gasteiger partial charge in [-0.2, -0.15) is 0 Å². The number of benzene rings is 1. The summed E-state index contributed by atoms with van der Waals surface area (Å²) in [6.45, 7) is 6.47. The summed E-state index contributed by atoms with van der Waals surface area (Å²) >= 11 is 0. The molecule has 0 fully saturated rings. The summed E-state index contributed by atoms with van der Waals surface area (Å²) in [5.41, 5.74) is 1.19. The van der Waals surface area contributed by atoms with Crippen molar-refractivity contribution in [2.45, 2.75) is 33.0 Å². The van der Waals surface area contributed by atoms with Crippen LogP contribution in [0.15, 0.2) is 24.3 Å². The summed E-state index contributed by atoms with van der Waals surface area (Å²) in [6.07, 6.45) is -0.447. The molecule has 1 unspecified atom stereocenters. The minimum Gasteiger partial charge on any atom is -0.491 e. The van der Waals surface area contributed by atoms with Crippen LogP contribution >= 0.6 is 0 Å². The number of ether oxygens (including phenoxy) is 2. The predicted molar refractivity (Wildman–Crippen MR) is 63.8 cm³/mol. The van der Waals surface area contributed by atoms with Gasteiger partial charge in [0.25, 0.3) is 0 Å². The quantitative estimate of drug-likeness (QED) is 0.804. The SMILES string of the molecule is Cc1ccc(OCC(O)COC(C)C)cc1. The third-order valence-electron chi connectivity index (χ3n) is 2.09. The molecule has 0 bridgehead atoms. The van der Waals surface area contributed by atoms with E-state index < -0.39 is 6.10 Å². The van der Waals surface area contributed by atoms with Crippen LogP contribution in [0.2, 0.25) is 0 Å². The van der Waals surface area contributed by atoms with Gasteiger partial charge >= 0.3 is 0 Å². The number of hydrogen-bond donors (Lipinski definition) is 1. The van der Waals surface area contributed by atoms with Gasteiger partial charge in [0.15, 0.2) is 0 Å². The van der Waals surface area contributed by atoms with E-state index in [1.54, 1.807) is 0 Å². The van der Waals surface area contributed by atoms with Crippen LogP contribution in [-0.2, 0) is 4.74 Å². The average Bonchev–Trinajstić information content (AvgIpc) is 2.25. The van der Waals surface area contributed by atoms with E-state index in [4.69, 9.17) is 9.47 Å². The summed E-state index contributed by atoms with van der Waals surface area (Å²) in [5.74, 6) is 0.772. The van der Waals surface area contributed by atoms with Crippen LogP contribution in [0.5, 0.6) is 5.75 Å². The largest absolute Gasteiger partial charge is 0.491 e. The van der Waals surface area contributed by atoms with Gasteiger partial charge in [-0.25, -0.2) is 0 Å². The molecule has 0 aliphatic rings. The molecule has 1 aromatic rings. The van der Waals surface area contributed by atoms with Crippen molar-refractivity contribution in [3.8, 4) is 5.75 Å². The predicted octanol–water partition coefficient (Wildman–Crippen LogP) is 2.16. The molecular formula is C13H20O3. The summed E-state index contributed by atoms with van der Waals surface area (Å²) in [7, 11) is 0. The number of aliphatic hydroxyl groups is 1. The molecule has 0 amide bonds. The number of aryl methyl sites for hydroxylation is 1. The molecule has 1 rings (SSSR count). The van der Waals surface area contributed by atoms with Crippen molar-refractivity contribution in [2.75, 3.05) is 13.2 Å². The first-order valence-corrected chi connectivity index (χ1v) is 5.57. The molecule has 0 aliphatic heterocycles. The number of aliphatic hydroxyl groups excluding tert-OH is 1. The van der Waals surface area contributed by atoms with Crippen LogP contribution in [-0.4, -0.2) is 30.5 Å². The van der Waals surface area contributed by atoms with Crippen molar-refractivity contribution < 1.29 is 14.6 Å². The first-order valence-electron chi connectivity index (χ1n) is 5.57. The normalized spacial score (nSPS) is 12.8. The fourth-order valence-corrected chi connectivity index (χ4v) is 1.18. The Kier molecular flexibility index (Phi) is 5.29. The number of rotatable bonds is 6. The average molecular weight is 224 g/mol. The molecule has 90 valence electrons. The Bertz CT molecular complexity index is 293. The molecule has 0 aliphatic carbocycles. The van der Waals surface area contributed by atoms with Gasteiger partial charge in [-0.3, -0.25) is 0 Å². The third kappa shape index (κ3) is 5.14. The molecule has 1 atom stereocenters. The minimum atomic E-state index is -0.580. The second-order valence-electron chi connectivity index (χ2n) is 4.16. The zero-order valence-corrected chi connectivity index (χ0v) is 10.1. The highest BCUT2D eigenvalue weighted by molar-refractivity contribution is 5.26. The zero-order valence-electron chi connectivity index (χ0n) is 10.1. The van der Waals surface area contributed by atoms with Gasteiger partial charge in [-0.15, -0.1) is 0 Å². The summed E-state index contributed by atoms with van der Waals surface area (Å²) in [4.78, 5) is 0. The molecule has 0 saturated carbocycles. The molecule has 1 aromatic carbocycles. The lowest BCUT2D eigenvalue weighted by molar-refractivity contribution is -0.0122. The Labute approximate surface area is 97.0 Å². The topological polar surface area (TPSA) is 38.7 Å². The zero-order chi connectivity index (χ0) is 12.0. The van der Waals surface area contributed by atoms with E-state index in [9.17, 15) is 5.11 Å². The molecule has 16 heavy (non-hydrogen) atoms. The first-order chi connectivity index (χ1) is 7.58. The Morgan fingerprint density at radius 2 is 1.75 bits per heavy atom. The van der Waals surface area contributed by atoms with Crippen molar-refractivity contribution in [3.05, 3.63) is 29.8 Å². The van der Waals surface area contributed by atoms with E-state index in [0.717, 1.165) is 5.75 Å². The third-order valence-corrected chi connectivity index (χ3v) is 2.09. The van der Waals surface area contributed by atoms with Crippen LogP contribution < -0.4 is 4.74 Å². The second-order valence-corrected chi connectivity index (χ2v) is 4.16. The van der Waals surface area contributed by atoms with Crippen LogP contribution in [0.25, 0.3) is 0 Å². The fourth-order valence-electron chi connectivity index (χ4n) is 1.18. The molecule has 3 nitrogen and oxygen atoms in total. The van der Waals surface area contributed by atoms with Gasteiger partial charge in [0, 0.05) is 0 Å². The monoisotopic (exact) mass is 224 g/mol. The Morgan fingerprint density at radius 3 is 2.31 bits per heavy atom. The Morgan fingerprint density at radius 1 is 1.12 bits per heavy atom. The smallest absolute Gasteiger partial charge is 0.119 e. The molecule has 0 heterocycles. The van der Waals surface area contributed by atoms with E-state index in [-0.39, 0.29) is 12.7 Å². The highest BCUT2D eigenvalue weighted by Crippen LogP contribution is 2.11. The van der Waals surface area contributed by atoms with Gasteiger partial charge in [0.05, 0.1) is 12.7 Å². The van der Waals surface area contributed by atoms with Crippen LogP contribution in [0.1, 0.15) is 19.4 Å². The first kappa shape index (κ1) is 13.0. The molecule has 0 aromatic heterocycles. The van der Waals surface area contributed by atoms with Crippen LogP contribution in [0.4, 0.5) is 0 Å². The summed E-state index contributed by atoms with van der Waals surface area (Å²) in [5, 5.41) is 9.56. The fraction of sp³-hybridized carbons (Fsp3) is 0.538.